The summed E-state index contributed by atoms with van der Waals surface area (Å²) >= 11 is 0. The molecule has 24 heavy (non-hydrogen) atoms. The molecule has 130 valence electrons. The molecular weight excluding hydrogens is 314 g/mol. The van der Waals surface area contributed by atoms with Gasteiger partial charge in [0.2, 0.25) is 0 Å². The molecule has 1 amide bonds. The van der Waals surface area contributed by atoms with Crippen LogP contribution in [0.2, 0.25) is 0 Å². The number of halogens is 2. The number of carbonyl (C=O) groups excluding carboxylic acids is 1. The Bertz CT molecular complexity index is 641. The number of hydrogen-bond donors (Lipinski definition) is 0. The molecule has 0 aromatic heterocycles. The number of hydrogen-bond acceptors (Lipinski definition) is 3. The summed E-state index contributed by atoms with van der Waals surface area (Å²) in [5.41, 5.74) is -0.338. The summed E-state index contributed by atoms with van der Waals surface area (Å²) in [6.07, 6.45) is 0.783. The minimum atomic E-state index is -0.698. The maximum Gasteiger partial charge on any atom is 0.410 e. The molecule has 1 atom stereocenters. The fourth-order valence-electron chi connectivity index (χ4n) is 2.92. The first-order chi connectivity index (χ1) is 11.2. The van der Waals surface area contributed by atoms with E-state index in [-0.39, 0.29) is 17.6 Å². The molecule has 0 N–H and O–H groups in total. The SMILES string of the molecule is CC(C)(C)OC(=O)N1CCC(C(C#N)c2ccc(F)cc2F)CC1. The van der Waals surface area contributed by atoms with Crippen molar-refractivity contribution in [1.82, 2.24) is 4.90 Å². The van der Waals surface area contributed by atoms with E-state index in [1.165, 1.54) is 12.1 Å². The van der Waals surface area contributed by atoms with Crippen LogP contribution in [0, 0.1) is 28.9 Å². The van der Waals surface area contributed by atoms with E-state index in [2.05, 4.69) is 6.07 Å². The zero-order valence-electron chi connectivity index (χ0n) is 14.2. The molecule has 0 saturated carbocycles. The van der Waals surface area contributed by atoms with E-state index in [1.807, 2.05) is 0 Å². The standard InChI is InChI=1S/C18H22F2N2O2/c1-18(2,3)24-17(23)22-8-6-12(7-9-22)15(11-21)14-5-4-13(19)10-16(14)20/h4-5,10,12,15H,6-9H2,1-3H3. The summed E-state index contributed by atoms with van der Waals surface area (Å²) in [7, 11) is 0. The second-order valence-electron chi connectivity index (χ2n) is 7.08. The normalized spacial score (nSPS) is 17.2. The average Bonchev–Trinajstić information content (AvgIpc) is 2.49. The van der Waals surface area contributed by atoms with E-state index < -0.39 is 23.2 Å². The fourth-order valence-corrected chi connectivity index (χ4v) is 2.92. The van der Waals surface area contributed by atoms with Gasteiger partial charge in [0, 0.05) is 24.7 Å². The van der Waals surface area contributed by atoms with Crippen LogP contribution in [-0.2, 0) is 4.74 Å². The van der Waals surface area contributed by atoms with Crippen molar-refractivity contribution >= 4 is 6.09 Å². The Morgan fingerprint density at radius 3 is 2.46 bits per heavy atom. The quantitative estimate of drug-likeness (QED) is 0.812. The highest BCUT2D eigenvalue weighted by atomic mass is 19.1. The van der Waals surface area contributed by atoms with Gasteiger partial charge in [0.1, 0.15) is 17.2 Å². The van der Waals surface area contributed by atoms with Crippen molar-refractivity contribution in [2.75, 3.05) is 13.1 Å². The monoisotopic (exact) mass is 336 g/mol. The van der Waals surface area contributed by atoms with Gasteiger partial charge in [0.25, 0.3) is 0 Å². The molecule has 6 heteroatoms. The van der Waals surface area contributed by atoms with Crippen LogP contribution in [0.15, 0.2) is 18.2 Å². The number of rotatable bonds is 2. The topological polar surface area (TPSA) is 53.3 Å². The molecule has 1 aliphatic heterocycles. The van der Waals surface area contributed by atoms with E-state index in [9.17, 15) is 18.8 Å². The zero-order valence-corrected chi connectivity index (χ0v) is 14.2. The van der Waals surface area contributed by atoms with E-state index in [1.54, 1.807) is 25.7 Å². The molecule has 2 rings (SSSR count). The van der Waals surface area contributed by atoms with Gasteiger partial charge < -0.3 is 9.64 Å². The molecule has 1 unspecified atom stereocenters. The predicted molar refractivity (Wildman–Crippen MR) is 85.2 cm³/mol. The predicted octanol–water partition coefficient (Wildman–Crippen LogP) is 4.22. The van der Waals surface area contributed by atoms with E-state index >= 15 is 0 Å². The minimum Gasteiger partial charge on any atom is -0.444 e. The van der Waals surface area contributed by atoms with E-state index in [0.717, 1.165) is 6.07 Å². The smallest absolute Gasteiger partial charge is 0.410 e. The van der Waals surface area contributed by atoms with Crippen LogP contribution in [0.5, 0.6) is 0 Å². The second kappa shape index (κ2) is 7.16. The van der Waals surface area contributed by atoms with Gasteiger partial charge in [-0.2, -0.15) is 5.26 Å². The number of amides is 1. The first kappa shape index (κ1) is 18.2. The van der Waals surface area contributed by atoms with Crippen LogP contribution in [0.1, 0.15) is 45.1 Å². The summed E-state index contributed by atoms with van der Waals surface area (Å²) in [5.74, 6) is -2.08. The summed E-state index contributed by atoms with van der Waals surface area (Å²) in [6.45, 7) is 6.34. The van der Waals surface area contributed by atoms with Crippen molar-refractivity contribution in [1.29, 1.82) is 5.26 Å². The maximum absolute atomic E-state index is 14.0. The van der Waals surface area contributed by atoms with Crippen molar-refractivity contribution in [2.45, 2.75) is 45.1 Å². The van der Waals surface area contributed by atoms with E-state index in [0.29, 0.717) is 25.9 Å². The van der Waals surface area contributed by atoms with Crippen molar-refractivity contribution < 1.29 is 18.3 Å². The molecule has 1 aromatic carbocycles. The summed E-state index contributed by atoms with van der Waals surface area (Å²) < 4.78 is 32.3. The van der Waals surface area contributed by atoms with Gasteiger partial charge in [-0.1, -0.05) is 6.07 Å². The molecule has 1 aliphatic rings. The van der Waals surface area contributed by atoms with Crippen LogP contribution in [0.3, 0.4) is 0 Å². The number of ether oxygens (including phenoxy) is 1. The van der Waals surface area contributed by atoms with Gasteiger partial charge in [-0.3, -0.25) is 0 Å². The van der Waals surface area contributed by atoms with Gasteiger partial charge in [-0.25, -0.2) is 13.6 Å². The largest absolute Gasteiger partial charge is 0.444 e. The lowest BCUT2D eigenvalue weighted by Gasteiger charge is -2.35. The Morgan fingerprint density at radius 1 is 1.33 bits per heavy atom. The Kier molecular flexibility index (Phi) is 5.43. The highest BCUT2D eigenvalue weighted by Gasteiger charge is 2.32. The average molecular weight is 336 g/mol. The van der Waals surface area contributed by atoms with Crippen LogP contribution < -0.4 is 0 Å². The molecular formula is C18H22F2N2O2. The highest BCUT2D eigenvalue weighted by Crippen LogP contribution is 2.34. The summed E-state index contributed by atoms with van der Waals surface area (Å²) in [4.78, 5) is 13.7. The number of nitriles is 1. The van der Waals surface area contributed by atoms with Crippen LogP contribution >= 0.6 is 0 Å². The number of benzene rings is 1. The second-order valence-corrected chi connectivity index (χ2v) is 7.08. The Hall–Kier alpha value is -2.16. The Morgan fingerprint density at radius 2 is 1.96 bits per heavy atom. The molecule has 1 fully saturated rings. The molecule has 0 radical (unpaired) electrons. The number of nitrogens with zero attached hydrogens (tertiary/aromatic N) is 2. The van der Waals surface area contributed by atoms with Gasteiger partial charge in [-0.05, 0) is 45.6 Å². The van der Waals surface area contributed by atoms with Gasteiger partial charge in [0.05, 0.1) is 12.0 Å². The van der Waals surface area contributed by atoms with Crippen molar-refractivity contribution in [3.63, 3.8) is 0 Å². The zero-order chi connectivity index (χ0) is 17.9. The third-order valence-electron chi connectivity index (χ3n) is 4.10. The third-order valence-corrected chi connectivity index (χ3v) is 4.10. The lowest BCUT2D eigenvalue weighted by molar-refractivity contribution is 0.0179. The van der Waals surface area contributed by atoms with E-state index in [4.69, 9.17) is 4.74 Å². The number of piperidine rings is 1. The molecule has 0 spiro atoms. The molecule has 1 aromatic rings. The third kappa shape index (κ3) is 4.44. The van der Waals surface area contributed by atoms with Gasteiger partial charge in [-0.15, -0.1) is 0 Å². The first-order valence-electron chi connectivity index (χ1n) is 8.04. The van der Waals surface area contributed by atoms with Crippen molar-refractivity contribution in [3.8, 4) is 6.07 Å². The fraction of sp³-hybridized carbons (Fsp3) is 0.556. The van der Waals surface area contributed by atoms with Crippen LogP contribution in [-0.4, -0.2) is 29.7 Å². The van der Waals surface area contributed by atoms with Crippen molar-refractivity contribution in [3.05, 3.63) is 35.4 Å². The Balaban J connectivity index is 2.02. The number of likely N-dealkylation sites (tertiary alicyclic amines) is 1. The maximum atomic E-state index is 14.0. The van der Waals surface area contributed by atoms with Crippen LogP contribution in [0.25, 0.3) is 0 Å². The summed E-state index contributed by atoms with van der Waals surface area (Å²) in [6, 6.07) is 5.43. The molecule has 1 heterocycles. The molecule has 1 saturated heterocycles. The number of carbonyl (C=O) groups is 1. The molecule has 4 nitrogen and oxygen atoms in total. The van der Waals surface area contributed by atoms with Gasteiger partial charge >= 0.3 is 6.09 Å². The lowest BCUT2D eigenvalue weighted by Crippen LogP contribution is -2.42. The molecule has 0 aliphatic carbocycles. The lowest BCUT2D eigenvalue weighted by atomic mass is 9.81. The Labute approximate surface area is 141 Å². The highest BCUT2D eigenvalue weighted by molar-refractivity contribution is 5.68. The first-order valence-corrected chi connectivity index (χ1v) is 8.04. The van der Waals surface area contributed by atoms with Crippen LogP contribution in [0.4, 0.5) is 13.6 Å². The van der Waals surface area contributed by atoms with Crippen molar-refractivity contribution in [2.24, 2.45) is 5.92 Å². The van der Waals surface area contributed by atoms with Gasteiger partial charge in [0.15, 0.2) is 0 Å². The molecule has 0 bridgehead atoms. The minimum absolute atomic E-state index is 0.0753. The summed E-state index contributed by atoms with van der Waals surface area (Å²) in [5, 5.41) is 9.44.